The lowest BCUT2D eigenvalue weighted by atomic mass is 9.94. The number of rotatable bonds is 1. The van der Waals surface area contributed by atoms with Gasteiger partial charge in [0.05, 0.1) is 12.2 Å². The van der Waals surface area contributed by atoms with Crippen molar-refractivity contribution in [1.82, 2.24) is 9.78 Å². The summed E-state index contributed by atoms with van der Waals surface area (Å²) in [5.74, 6) is 0.763. The van der Waals surface area contributed by atoms with Gasteiger partial charge in [0.2, 0.25) is 0 Å². The fourth-order valence-electron chi connectivity index (χ4n) is 2.30. The molecular formula is C11H13N3S. The molecule has 4 heteroatoms. The van der Waals surface area contributed by atoms with Gasteiger partial charge in [0, 0.05) is 4.88 Å². The van der Waals surface area contributed by atoms with Crippen LogP contribution in [0.1, 0.15) is 29.3 Å². The maximum Gasteiger partial charge on any atom is 0.122 e. The van der Waals surface area contributed by atoms with E-state index in [1.54, 1.807) is 6.20 Å². The summed E-state index contributed by atoms with van der Waals surface area (Å²) in [7, 11) is 0. The summed E-state index contributed by atoms with van der Waals surface area (Å²) < 4.78 is 1.95. The summed E-state index contributed by atoms with van der Waals surface area (Å²) in [6, 6.07) is 4.43. The minimum atomic E-state index is 0.356. The van der Waals surface area contributed by atoms with E-state index in [2.05, 4.69) is 16.5 Å². The fraction of sp³-hybridized carbons (Fsp3) is 0.364. The van der Waals surface area contributed by atoms with Crippen molar-refractivity contribution in [2.45, 2.75) is 25.3 Å². The molecule has 0 saturated carbocycles. The highest BCUT2D eigenvalue weighted by Gasteiger charge is 2.23. The summed E-state index contributed by atoms with van der Waals surface area (Å²) in [5.41, 5.74) is 7.32. The monoisotopic (exact) mass is 219 g/mol. The van der Waals surface area contributed by atoms with E-state index in [0.29, 0.717) is 6.04 Å². The molecule has 1 aliphatic rings. The highest BCUT2D eigenvalue weighted by Crippen LogP contribution is 2.36. The van der Waals surface area contributed by atoms with Crippen molar-refractivity contribution in [3.05, 3.63) is 34.2 Å². The van der Waals surface area contributed by atoms with Crippen molar-refractivity contribution in [3.63, 3.8) is 0 Å². The van der Waals surface area contributed by atoms with E-state index in [0.717, 1.165) is 12.2 Å². The van der Waals surface area contributed by atoms with E-state index in [4.69, 9.17) is 5.73 Å². The first-order chi connectivity index (χ1) is 7.36. The highest BCUT2D eigenvalue weighted by molar-refractivity contribution is 7.10. The van der Waals surface area contributed by atoms with Crippen LogP contribution in [-0.2, 0) is 6.42 Å². The molecule has 2 N–H and O–H groups in total. The first-order valence-corrected chi connectivity index (χ1v) is 6.09. The van der Waals surface area contributed by atoms with Gasteiger partial charge in [0.25, 0.3) is 0 Å². The van der Waals surface area contributed by atoms with E-state index in [9.17, 15) is 0 Å². The Morgan fingerprint density at radius 1 is 1.47 bits per heavy atom. The zero-order chi connectivity index (χ0) is 10.3. The molecular weight excluding hydrogens is 206 g/mol. The summed E-state index contributed by atoms with van der Waals surface area (Å²) in [4.78, 5) is 1.50. The van der Waals surface area contributed by atoms with Crippen LogP contribution in [0.5, 0.6) is 0 Å². The summed E-state index contributed by atoms with van der Waals surface area (Å²) in [6.45, 7) is 0. The molecule has 0 saturated heterocycles. The van der Waals surface area contributed by atoms with Crippen molar-refractivity contribution < 1.29 is 0 Å². The van der Waals surface area contributed by atoms with Gasteiger partial charge >= 0.3 is 0 Å². The molecule has 2 heterocycles. The van der Waals surface area contributed by atoms with Crippen LogP contribution in [0.3, 0.4) is 0 Å². The Balaban J connectivity index is 2.07. The van der Waals surface area contributed by atoms with Gasteiger partial charge in [-0.05, 0) is 42.3 Å². The maximum atomic E-state index is 5.90. The van der Waals surface area contributed by atoms with Crippen molar-refractivity contribution in [1.29, 1.82) is 0 Å². The van der Waals surface area contributed by atoms with Crippen molar-refractivity contribution in [3.8, 4) is 0 Å². The quantitative estimate of drug-likeness (QED) is 0.800. The third-order valence-corrected chi connectivity index (χ3v) is 4.01. The number of anilines is 1. The largest absolute Gasteiger partial charge is 0.384 e. The number of nitrogens with two attached hydrogens (primary N) is 1. The minimum Gasteiger partial charge on any atom is -0.384 e. The number of fused-ring (bicyclic) bond motifs is 1. The Morgan fingerprint density at radius 3 is 3.20 bits per heavy atom. The van der Waals surface area contributed by atoms with Gasteiger partial charge < -0.3 is 5.73 Å². The van der Waals surface area contributed by atoms with Gasteiger partial charge in [0.1, 0.15) is 5.82 Å². The molecule has 0 aliphatic heterocycles. The topological polar surface area (TPSA) is 43.8 Å². The zero-order valence-corrected chi connectivity index (χ0v) is 9.20. The number of hydrogen-bond acceptors (Lipinski definition) is 3. The zero-order valence-electron chi connectivity index (χ0n) is 8.39. The van der Waals surface area contributed by atoms with Crippen LogP contribution < -0.4 is 5.73 Å². The molecule has 3 rings (SSSR count). The molecule has 2 aromatic heterocycles. The number of nitrogens with zero attached hydrogens (tertiary/aromatic N) is 2. The van der Waals surface area contributed by atoms with Gasteiger partial charge in [-0.25, -0.2) is 4.68 Å². The lowest BCUT2D eigenvalue weighted by Crippen LogP contribution is -2.18. The molecule has 0 amide bonds. The Hall–Kier alpha value is -1.29. The van der Waals surface area contributed by atoms with Crippen LogP contribution in [0.15, 0.2) is 23.7 Å². The fourth-order valence-corrected chi connectivity index (χ4v) is 3.28. The van der Waals surface area contributed by atoms with Gasteiger partial charge in [-0.15, -0.1) is 11.3 Å². The van der Waals surface area contributed by atoms with E-state index < -0.39 is 0 Å². The number of aryl methyl sites for hydroxylation is 1. The highest BCUT2D eigenvalue weighted by atomic mass is 32.1. The molecule has 0 bridgehead atoms. The van der Waals surface area contributed by atoms with Crippen molar-refractivity contribution >= 4 is 17.2 Å². The van der Waals surface area contributed by atoms with Crippen molar-refractivity contribution in [2.75, 3.05) is 5.73 Å². The normalized spacial score (nSPS) is 20.1. The predicted molar refractivity (Wildman–Crippen MR) is 62.0 cm³/mol. The molecule has 78 valence electrons. The predicted octanol–water partition coefficient (Wildman–Crippen LogP) is 2.45. The third-order valence-electron chi connectivity index (χ3n) is 3.02. The second-order valence-electron chi connectivity index (χ2n) is 3.91. The van der Waals surface area contributed by atoms with Gasteiger partial charge in [0.15, 0.2) is 0 Å². The SMILES string of the molecule is Nc1ccnn1C1CCCc2sccc21. The smallest absolute Gasteiger partial charge is 0.122 e. The van der Waals surface area contributed by atoms with E-state index >= 15 is 0 Å². The molecule has 1 aliphatic carbocycles. The van der Waals surface area contributed by atoms with Crippen LogP contribution in [-0.4, -0.2) is 9.78 Å². The average molecular weight is 219 g/mol. The second kappa shape index (κ2) is 3.38. The molecule has 3 nitrogen and oxygen atoms in total. The van der Waals surface area contributed by atoms with Crippen molar-refractivity contribution in [2.24, 2.45) is 0 Å². The molecule has 0 fully saturated rings. The molecule has 0 spiro atoms. The maximum absolute atomic E-state index is 5.90. The molecule has 1 atom stereocenters. The Kier molecular flexibility index (Phi) is 2.02. The Morgan fingerprint density at radius 2 is 2.40 bits per heavy atom. The van der Waals surface area contributed by atoms with Gasteiger partial charge in [-0.2, -0.15) is 5.10 Å². The summed E-state index contributed by atoms with van der Waals surface area (Å²) in [5, 5.41) is 6.48. The molecule has 0 aromatic carbocycles. The van der Waals surface area contributed by atoms with E-state index in [1.165, 1.54) is 23.3 Å². The van der Waals surface area contributed by atoms with E-state index in [1.807, 2.05) is 22.1 Å². The van der Waals surface area contributed by atoms with Crippen LogP contribution in [0.2, 0.25) is 0 Å². The number of nitrogen functional groups attached to an aromatic ring is 1. The number of thiophene rings is 1. The molecule has 0 radical (unpaired) electrons. The summed E-state index contributed by atoms with van der Waals surface area (Å²) in [6.07, 6.45) is 5.37. The molecule has 15 heavy (non-hydrogen) atoms. The minimum absolute atomic E-state index is 0.356. The first-order valence-electron chi connectivity index (χ1n) is 5.21. The standard InChI is InChI=1S/C11H13N3S/c12-11-4-6-13-14(11)9-2-1-3-10-8(9)5-7-15-10/h4-7,9H,1-3,12H2. The first kappa shape index (κ1) is 8.97. The van der Waals surface area contributed by atoms with Crippen LogP contribution in [0.25, 0.3) is 0 Å². The number of hydrogen-bond donors (Lipinski definition) is 1. The Bertz CT molecular complexity index is 472. The van der Waals surface area contributed by atoms with Gasteiger partial charge in [-0.1, -0.05) is 0 Å². The lowest BCUT2D eigenvalue weighted by molar-refractivity contribution is 0.460. The summed E-state index contributed by atoms with van der Waals surface area (Å²) >= 11 is 1.85. The van der Waals surface area contributed by atoms with Crippen LogP contribution >= 0.6 is 11.3 Å². The second-order valence-corrected chi connectivity index (χ2v) is 4.91. The lowest BCUT2D eigenvalue weighted by Gasteiger charge is -2.23. The third kappa shape index (κ3) is 1.36. The molecule has 2 aromatic rings. The number of aromatic nitrogens is 2. The van der Waals surface area contributed by atoms with Crippen LogP contribution in [0, 0.1) is 0 Å². The van der Waals surface area contributed by atoms with Crippen LogP contribution in [0.4, 0.5) is 5.82 Å². The average Bonchev–Trinajstić information content (AvgIpc) is 2.85. The Labute approximate surface area is 92.5 Å². The van der Waals surface area contributed by atoms with Gasteiger partial charge in [-0.3, -0.25) is 0 Å². The molecule has 1 unspecified atom stereocenters. The van der Waals surface area contributed by atoms with E-state index in [-0.39, 0.29) is 0 Å².